The number of nitrogens with zero attached hydrogens (tertiary/aromatic N) is 5. The molecule has 0 spiro atoms. The summed E-state index contributed by atoms with van der Waals surface area (Å²) >= 11 is 0. The molecule has 2 fully saturated rings. The number of hydrogen-bond acceptors (Lipinski definition) is 9. The van der Waals surface area contributed by atoms with E-state index in [0.29, 0.717) is 32.7 Å². The number of anilines is 2. The number of nitrogen functional groups attached to an aromatic ring is 1. The number of halogens is 3. The molecule has 4 heterocycles. The fourth-order valence-corrected chi connectivity index (χ4v) is 4.21. The van der Waals surface area contributed by atoms with E-state index in [1.807, 2.05) is 6.92 Å². The maximum absolute atomic E-state index is 13.7. The van der Waals surface area contributed by atoms with Gasteiger partial charge in [-0.05, 0) is 18.4 Å². The predicted octanol–water partition coefficient (Wildman–Crippen LogP) is 0.972. The topological polar surface area (TPSA) is 139 Å². The van der Waals surface area contributed by atoms with Gasteiger partial charge in [-0.15, -0.1) is 0 Å². The summed E-state index contributed by atoms with van der Waals surface area (Å²) < 4.78 is 46.5. The van der Waals surface area contributed by atoms with Crippen molar-refractivity contribution >= 4 is 17.8 Å². The van der Waals surface area contributed by atoms with Crippen molar-refractivity contribution in [2.45, 2.75) is 31.5 Å². The van der Waals surface area contributed by atoms with Gasteiger partial charge in [0.25, 0.3) is 0 Å². The van der Waals surface area contributed by atoms with E-state index in [1.54, 1.807) is 4.90 Å². The summed E-state index contributed by atoms with van der Waals surface area (Å²) in [4.78, 5) is 30.6. The molecule has 4 N–H and O–H groups in total. The van der Waals surface area contributed by atoms with E-state index < -0.39 is 23.7 Å². The van der Waals surface area contributed by atoms with Crippen molar-refractivity contribution in [2.75, 3.05) is 43.5 Å². The molecule has 4 rings (SSSR count). The van der Waals surface area contributed by atoms with Crippen molar-refractivity contribution in [1.82, 2.24) is 25.3 Å². The Kier molecular flexibility index (Phi) is 6.34. The lowest BCUT2D eigenvalue weighted by Crippen LogP contribution is -2.37. The summed E-state index contributed by atoms with van der Waals surface area (Å²) in [6.07, 6.45) is -3.45. The quantitative estimate of drug-likeness (QED) is 0.587. The number of alkyl halides is 3. The van der Waals surface area contributed by atoms with Gasteiger partial charge in [-0.2, -0.15) is 13.2 Å². The number of carbonyl (C=O) groups excluding carboxylic acids is 1. The number of nitrogens with one attached hydrogen (secondary N) is 1. The van der Waals surface area contributed by atoms with Gasteiger partial charge in [-0.3, -0.25) is 4.79 Å². The number of rotatable bonds is 5. The highest BCUT2D eigenvalue weighted by molar-refractivity contribution is 5.86. The van der Waals surface area contributed by atoms with Crippen LogP contribution >= 0.6 is 0 Å². The zero-order valence-electron chi connectivity index (χ0n) is 17.8. The normalized spacial score (nSPS) is 23.6. The summed E-state index contributed by atoms with van der Waals surface area (Å²) in [6.45, 7) is 3.47. The summed E-state index contributed by atoms with van der Waals surface area (Å²) in [5.74, 6) is -1.57. The zero-order chi connectivity index (χ0) is 23.8. The lowest BCUT2D eigenvalue weighted by molar-refractivity contribution is -0.140. The van der Waals surface area contributed by atoms with Crippen LogP contribution in [0, 0.1) is 5.92 Å². The maximum atomic E-state index is 13.7. The average Bonchev–Trinajstić information content (AvgIpc) is 3.06. The van der Waals surface area contributed by atoms with Crippen LogP contribution in [0.15, 0.2) is 12.3 Å². The summed E-state index contributed by atoms with van der Waals surface area (Å²) in [5, 5.41) is 12.1. The number of aromatic nitrogens is 4. The number of ether oxygens (including phenoxy) is 1. The molecule has 0 aromatic carbocycles. The Morgan fingerprint density at radius 3 is 2.67 bits per heavy atom. The fraction of sp³-hybridized carbons (Fsp3) is 0.550. The first-order valence-corrected chi connectivity index (χ1v) is 10.5. The van der Waals surface area contributed by atoms with Gasteiger partial charge in [0, 0.05) is 37.5 Å². The SMILES string of the molecule is C[C@H]1C(c2cc(-c3cnc(N)nc3C(F)(F)F)nc(N3CCOCC3)n2)C(=O)N[C@@H]1CCO. The van der Waals surface area contributed by atoms with Crippen LogP contribution in [-0.4, -0.2) is 69.9 Å². The van der Waals surface area contributed by atoms with Gasteiger partial charge in [0.1, 0.15) is 0 Å². The molecule has 2 saturated heterocycles. The van der Waals surface area contributed by atoms with Gasteiger partial charge in [0.05, 0.1) is 30.5 Å². The fourth-order valence-electron chi connectivity index (χ4n) is 4.21. The van der Waals surface area contributed by atoms with E-state index in [4.69, 9.17) is 10.5 Å². The number of morpholine rings is 1. The molecule has 0 bridgehead atoms. The smallest absolute Gasteiger partial charge is 0.396 e. The second-order valence-electron chi connectivity index (χ2n) is 8.03. The molecule has 178 valence electrons. The molecule has 2 aliphatic rings. The number of amides is 1. The van der Waals surface area contributed by atoms with Crippen LogP contribution < -0.4 is 16.0 Å². The molecule has 0 aliphatic carbocycles. The Bertz CT molecular complexity index is 1030. The van der Waals surface area contributed by atoms with E-state index in [9.17, 15) is 23.1 Å². The zero-order valence-corrected chi connectivity index (χ0v) is 17.8. The lowest BCUT2D eigenvalue weighted by atomic mass is 9.87. The molecule has 3 atom stereocenters. The predicted molar refractivity (Wildman–Crippen MR) is 111 cm³/mol. The largest absolute Gasteiger partial charge is 0.434 e. The van der Waals surface area contributed by atoms with Crippen molar-refractivity contribution in [3.05, 3.63) is 23.7 Å². The number of aliphatic hydroxyl groups is 1. The van der Waals surface area contributed by atoms with Crippen molar-refractivity contribution in [3.63, 3.8) is 0 Å². The highest BCUT2D eigenvalue weighted by Gasteiger charge is 2.42. The third kappa shape index (κ3) is 4.69. The average molecular weight is 467 g/mol. The van der Waals surface area contributed by atoms with Crippen LogP contribution in [-0.2, 0) is 15.7 Å². The third-order valence-electron chi connectivity index (χ3n) is 5.91. The van der Waals surface area contributed by atoms with E-state index in [2.05, 4.69) is 25.3 Å². The molecule has 13 heteroatoms. The Hall–Kier alpha value is -3.06. The van der Waals surface area contributed by atoms with E-state index in [0.717, 1.165) is 6.20 Å². The molecule has 10 nitrogen and oxygen atoms in total. The lowest BCUT2D eigenvalue weighted by Gasteiger charge is -2.28. The third-order valence-corrected chi connectivity index (χ3v) is 5.91. The van der Waals surface area contributed by atoms with Crippen LogP contribution in [0.5, 0.6) is 0 Å². The van der Waals surface area contributed by atoms with Gasteiger partial charge in [0.2, 0.25) is 17.8 Å². The van der Waals surface area contributed by atoms with Crippen LogP contribution in [0.2, 0.25) is 0 Å². The van der Waals surface area contributed by atoms with Gasteiger partial charge in [-0.25, -0.2) is 19.9 Å². The molecule has 0 radical (unpaired) electrons. The Balaban J connectivity index is 1.85. The van der Waals surface area contributed by atoms with Gasteiger partial charge < -0.3 is 25.8 Å². The van der Waals surface area contributed by atoms with E-state index in [1.165, 1.54) is 6.07 Å². The summed E-state index contributed by atoms with van der Waals surface area (Å²) in [6, 6.07) is 1.10. The molecular weight excluding hydrogens is 443 g/mol. The molecule has 1 amide bonds. The summed E-state index contributed by atoms with van der Waals surface area (Å²) in [5.41, 5.74) is 4.07. The summed E-state index contributed by atoms with van der Waals surface area (Å²) in [7, 11) is 0. The van der Waals surface area contributed by atoms with Crippen LogP contribution in [0.4, 0.5) is 25.1 Å². The number of hydrogen-bond donors (Lipinski definition) is 3. The molecule has 0 saturated carbocycles. The first-order chi connectivity index (χ1) is 15.7. The van der Waals surface area contributed by atoms with Crippen molar-refractivity contribution in [1.29, 1.82) is 0 Å². The van der Waals surface area contributed by atoms with Crippen molar-refractivity contribution < 1.29 is 27.8 Å². The minimum Gasteiger partial charge on any atom is -0.396 e. The number of nitrogens with two attached hydrogens (primary N) is 1. The minimum absolute atomic E-state index is 0.0561. The Morgan fingerprint density at radius 1 is 1.27 bits per heavy atom. The monoisotopic (exact) mass is 467 g/mol. The molecule has 33 heavy (non-hydrogen) atoms. The van der Waals surface area contributed by atoms with Crippen LogP contribution in [0.1, 0.15) is 30.7 Å². The molecule has 1 unspecified atom stereocenters. The number of aliphatic hydroxyl groups excluding tert-OH is 1. The van der Waals surface area contributed by atoms with Gasteiger partial charge in [-0.1, -0.05) is 6.92 Å². The maximum Gasteiger partial charge on any atom is 0.434 e. The van der Waals surface area contributed by atoms with E-state index in [-0.39, 0.29) is 47.4 Å². The molecule has 2 aromatic heterocycles. The van der Waals surface area contributed by atoms with Crippen molar-refractivity contribution in [2.24, 2.45) is 5.92 Å². The van der Waals surface area contributed by atoms with Crippen LogP contribution in [0.25, 0.3) is 11.3 Å². The first kappa shape index (κ1) is 23.1. The highest BCUT2D eigenvalue weighted by Crippen LogP contribution is 2.38. The minimum atomic E-state index is -4.79. The second-order valence-corrected chi connectivity index (χ2v) is 8.03. The number of carbonyl (C=O) groups is 1. The molecule has 2 aromatic rings. The van der Waals surface area contributed by atoms with Gasteiger partial charge in [0.15, 0.2) is 5.69 Å². The van der Waals surface area contributed by atoms with Gasteiger partial charge >= 0.3 is 6.18 Å². The van der Waals surface area contributed by atoms with Crippen LogP contribution in [0.3, 0.4) is 0 Å². The standard InChI is InChI=1S/C20H24F3N7O3/c1-10-12(2-5-31)26-17(32)15(10)14-8-13(27-19(28-14)30-3-6-33-7-4-30)11-9-25-18(24)29-16(11)20(21,22)23/h8-10,12,15,31H,2-7H2,1H3,(H,26,32)(H2,24,25,29)/t10-,12-,15?/m1/s1. The van der Waals surface area contributed by atoms with Crippen molar-refractivity contribution in [3.8, 4) is 11.3 Å². The second kappa shape index (κ2) is 9.06. The molecular formula is C20H24F3N7O3. The molecule has 2 aliphatic heterocycles. The highest BCUT2D eigenvalue weighted by atomic mass is 19.4. The Labute approximate surface area is 187 Å². The van der Waals surface area contributed by atoms with E-state index >= 15 is 0 Å². The first-order valence-electron chi connectivity index (χ1n) is 10.5. The Morgan fingerprint density at radius 2 is 2.00 bits per heavy atom.